The third-order valence-corrected chi connectivity index (χ3v) is 2.85. The molecule has 84 valence electrons. The number of rotatable bonds is 2. The lowest BCUT2D eigenvalue weighted by Gasteiger charge is -2.08. The molecule has 2 heterocycles. The second-order valence-electron chi connectivity index (χ2n) is 3.43. The molecule has 5 nitrogen and oxygen atoms in total. The lowest BCUT2D eigenvalue weighted by atomic mass is 10.3. The Labute approximate surface area is 107 Å². The number of hydrogen-bond donors (Lipinski definition) is 1. The van der Waals surface area contributed by atoms with Crippen LogP contribution >= 0.6 is 22.6 Å². The molecule has 2 rings (SSSR count). The monoisotopic (exact) mass is 329 g/mol. The Morgan fingerprint density at radius 3 is 2.75 bits per heavy atom. The number of hydrogen-bond acceptors (Lipinski definition) is 4. The normalized spacial score (nSPS) is 10.7. The van der Waals surface area contributed by atoms with Gasteiger partial charge < -0.3 is 5.73 Å². The fraction of sp³-hybridized carbons (Fsp3) is 0.300. The van der Waals surface area contributed by atoms with Gasteiger partial charge in [0.1, 0.15) is 11.6 Å². The van der Waals surface area contributed by atoms with Gasteiger partial charge in [0.05, 0.1) is 9.77 Å². The molecule has 0 saturated heterocycles. The quantitative estimate of drug-likeness (QED) is 0.852. The number of halogens is 1. The largest absolute Gasteiger partial charge is 0.383 e. The maximum absolute atomic E-state index is 5.85. The van der Waals surface area contributed by atoms with E-state index in [4.69, 9.17) is 5.73 Å². The molecule has 0 saturated carbocycles. The predicted octanol–water partition coefficient (Wildman–Crippen LogP) is 1.72. The zero-order valence-corrected chi connectivity index (χ0v) is 11.3. The van der Waals surface area contributed by atoms with E-state index in [9.17, 15) is 0 Å². The molecule has 0 aliphatic heterocycles. The number of nitrogen functional groups attached to an aromatic ring is 1. The maximum atomic E-state index is 5.85. The molecule has 0 aromatic carbocycles. The topological polar surface area (TPSA) is 69.6 Å². The molecule has 0 amide bonds. The highest BCUT2D eigenvalue weighted by molar-refractivity contribution is 14.1. The van der Waals surface area contributed by atoms with E-state index < -0.39 is 0 Å². The first kappa shape index (κ1) is 11.3. The van der Waals surface area contributed by atoms with E-state index in [0.717, 1.165) is 27.2 Å². The maximum Gasteiger partial charge on any atom is 0.162 e. The Hall–Kier alpha value is -1.18. The molecule has 0 aliphatic carbocycles. The fourth-order valence-electron chi connectivity index (χ4n) is 1.37. The van der Waals surface area contributed by atoms with Crippen molar-refractivity contribution < 1.29 is 0 Å². The molecule has 2 aromatic heterocycles. The van der Waals surface area contributed by atoms with E-state index in [1.807, 2.05) is 20.0 Å². The Balaban J connectivity index is 2.59. The Bertz CT molecular complexity index is 520. The van der Waals surface area contributed by atoms with Crippen molar-refractivity contribution in [2.75, 3.05) is 5.73 Å². The van der Waals surface area contributed by atoms with Crippen molar-refractivity contribution in [3.05, 3.63) is 27.4 Å². The highest BCUT2D eigenvalue weighted by atomic mass is 127. The van der Waals surface area contributed by atoms with Crippen LogP contribution in [0.4, 0.5) is 5.82 Å². The summed E-state index contributed by atoms with van der Waals surface area (Å²) in [5.74, 6) is 2.02. The van der Waals surface area contributed by atoms with Crippen LogP contribution in [0, 0.1) is 10.5 Å². The van der Waals surface area contributed by atoms with Gasteiger partial charge in [-0.2, -0.15) is 5.10 Å². The fourth-order valence-corrected chi connectivity index (χ4v) is 1.75. The van der Waals surface area contributed by atoms with Crippen molar-refractivity contribution in [2.45, 2.75) is 20.3 Å². The standard InChI is InChI=1S/C10H12IN5/c1-3-8-14-9(12)6(2)10(15-8)16-5-7(11)4-13-16/h4-5H,3H2,1-2H3,(H2,12,14,15). The first-order valence-corrected chi connectivity index (χ1v) is 6.03. The van der Waals surface area contributed by atoms with Gasteiger partial charge in [0.2, 0.25) is 0 Å². The van der Waals surface area contributed by atoms with E-state index in [0.29, 0.717) is 5.82 Å². The third-order valence-electron chi connectivity index (χ3n) is 2.29. The van der Waals surface area contributed by atoms with Gasteiger partial charge in [-0.15, -0.1) is 0 Å². The molecule has 0 fully saturated rings. The minimum absolute atomic E-state index is 0.521. The van der Waals surface area contributed by atoms with Crippen molar-refractivity contribution in [3.8, 4) is 5.82 Å². The molecule has 0 unspecified atom stereocenters. The minimum Gasteiger partial charge on any atom is -0.383 e. The number of nitrogens with two attached hydrogens (primary N) is 1. The van der Waals surface area contributed by atoms with Crippen LogP contribution in [0.15, 0.2) is 12.4 Å². The summed E-state index contributed by atoms with van der Waals surface area (Å²) in [4.78, 5) is 8.65. The van der Waals surface area contributed by atoms with Crippen molar-refractivity contribution >= 4 is 28.4 Å². The van der Waals surface area contributed by atoms with Crippen LogP contribution in [-0.2, 0) is 6.42 Å². The van der Waals surface area contributed by atoms with Crippen LogP contribution in [-0.4, -0.2) is 19.7 Å². The van der Waals surface area contributed by atoms with Crippen molar-refractivity contribution in [3.63, 3.8) is 0 Å². The SMILES string of the molecule is CCc1nc(N)c(C)c(-n2cc(I)cn2)n1. The summed E-state index contributed by atoms with van der Waals surface area (Å²) >= 11 is 2.21. The second kappa shape index (κ2) is 4.36. The Morgan fingerprint density at radius 1 is 1.44 bits per heavy atom. The van der Waals surface area contributed by atoms with Crippen LogP contribution in [0.1, 0.15) is 18.3 Å². The molecule has 2 N–H and O–H groups in total. The van der Waals surface area contributed by atoms with Gasteiger partial charge in [0.25, 0.3) is 0 Å². The van der Waals surface area contributed by atoms with E-state index >= 15 is 0 Å². The van der Waals surface area contributed by atoms with Gasteiger partial charge in [0, 0.05) is 18.2 Å². The smallest absolute Gasteiger partial charge is 0.162 e. The Kier molecular flexibility index (Phi) is 3.08. The number of anilines is 1. The van der Waals surface area contributed by atoms with Crippen LogP contribution in [0.3, 0.4) is 0 Å². The van der Waals surface area contributed by atoms with E-state index in [2.05, 4.69) is 37.7 Å². The molecule has 0 radical (unpaired) electrons. The molecule has 0 aliphatic rings. The number of nitrogens with zero attached hydrogens (tertiary/aromatic N) is 4. The summed E-state index contributed by atoms with van der Waals surface area (Å²) in [6, 6.07) is 0. The predicted molar refractivity (Wildman–Crippen MR) is 70.4 cm³/mol. The van der Waals surface area contributed by atoms with E-state index in [-0.39, 0.29) is 0 Å². The second-order valence-corrected chi connectivity index (χ2v) is 4.68. The van der Waals surface area contributed by atoms with E-state index in [1.165, 1.54) is 0 Å². The third kappa shape index (κ3) is 2.01. The summed E-state index contributed by atoms with van der Waals surface area (Å²) in [6.07, 6.45) is 4.45. The van der Waals surface area contributed by atoms with Crippen LogP contribution in [0.25, 0.3) is 5.82 Å². The van der Waals surface area contributed by atoms with Crippen molar-refractivity contribution in [1.82, 2.24) is 19.7 Å². The molecule has 0 spiro atoms. The van der Waals surface area contributed by atoms with Crippen molar-refractivity contribution in [2.24, 2.45) is 0 Å². The molecular weight excluding hydrogens is 317 g/mol. The molecule has 2 aromatic rings. The summed E-state index contributed by atoms with van der Waals surface area (Å²) < 4.78 is 2.79. The highest BCUT2D eigenvalue weighted by Gasteiger charge is 2.10. The highest BCUT2D eigenvalue weighted by Crippen LogP contribution is 2.17. The molecule has 6 heteroatoms. The average Bonchev–Trinajstić information content (AvgIpc) is 2.68. The van der Waals surface area contributed by atoms with Gasteiger partial charge in [-0.3, -0.25) is 0 Å². The zero-order valence-electron chi connectivity index (χ0n) is 9.11. The minimum atomic E-state index is 0.521. The summed E-state index contributed by atoms with van der Waals surface area (Å²) in [5, 5.41) is 4.23. The van der Waals surface area contributed by atoms with E-state index in [1.54, 1.807) is 10.9 Å². The van der Waals surface area contributed by atoms with Gasteiger partial charge in [-0.1, -0.05) is 6.92 Å². The van der Waals surface area contributed by atoms with Gasteiger partial charge in [-0.05, 0) is 29.5 Å². The van der Waals surface area contributed by atoms with Gasteiger partial charge >= 0.3 is 0 Å². The summed E-state index contributed by atoms with van der Waals surface area (Å²) in [5.41, 5.74) is 6.71. The lowest BCUT2D eigenvalue weighted by molar-refractivity contribution is 0.805. The van der Waals surface area contributed by atoms with Crippen LogP contribution in [0.2, 0.25) is 0 Å². The zero-order chi connectivity index (χ0) is 11.7. The number of aryl methyl sites for hydroxylation is 1. The molecule has 0 bridgehead atoms. The summed E-state index contributed by atoms with van der Waals surface area (Å²) in [6.45, 7) is 3.90. The first-order chi connectivity index (χ1) is 7.61. The molecular formula is C10H12IN5. The average molecular weight is 329 g/mol. The number of aromatic nitrogens is 4. The lowest BCUT2D eigenvalue weighted by Crippen LogP contribution is -2.09. The van der Waals surface area contributed by atoms with Gasteiger partial charge in [0.15, 0.2) is 5.82 Å². The van der Waals surface area contributed by atoms with Gasteiger partial charge in [-0.25, -0.2) is 14.6 Å². The van der Waals surface area contributed by atoms with Crippen LogP contribution in [0.5, 0.6) is 0 Å². The Morgan fingerprint density at radius 2 is 2.19 bits per heavy atom. The summed E-state index contributed by atoms with van der Waals surface area (Å²) in [7, 11) is 0. The molecule has 16 heavy (non-hydrogen) atoms. The van der Waals surface area contributed by atoms with Crippen LogP contribution < -0.4 is 5.73 Å². The first-order valence-electron chi connectivity index (χ1n) is 4.95. The van der Waals surface area contributed by atoms with Crippen molar-refractivity contribution in [1.29, 1.82) is 0 Å². The molecule has 0 atom stereocenters.